The lowest BCUT2D eigenvalue weighted by molar-refractivity contribution is 0.0602. The number of rotatable bonds is 1. The molecule has 3 heterocycles. The van der Waals surface area contributed by atoms with Crippen molar-refractivity contribution < 1.29 is 14.3 Å². The normalized spacial score (nSPS) is 16.3. The fourth-order valence-electron chi connectivity index (χ4n) is 4.43. The van der Waals surface area contributed by atoms with Gasteiger partial charge in [-0.3, -0.25) is 9.36 Å². The number of ether oxygens (including phenoxy) is 1. The molecular formula is C20H18N2O3. The first kappa shape index (κ1) is 14.7. The van der Waals surface area contributed by atoms with Crippen LogP contribution in [0.15, 0.2) is 24.3 Å². The number of esters is 1. The summed E-state index contributed by atoms with van der Waals surface area (Å²) in [5.41, 5.74) is 6.08. The van der Waals surface area contributed by atoms with Crippen molar-refractivity contribution >= 4 is 33.7 Å². The first-order valence-electron chi connectivity index (χ1n) is 8.63. The summed E-state index contributed by atoms with van der Waals surface area (Å²) in [5.74, 6) is -0.257. The van der Waals surface area contributed by atoms with Crippen LogP contribution < -0.4 is 5.32 Å². The monoisotopic (exact) mass is 334 g/mol. The molecule has 2 aliphatic heterocycles. The van der Waals surface area contributed by atoms with E-state index in [0.29, 0.717) is 12.0 Å². The largest absolute Gasteiger partial charge is 0.465 e. The molecule has 0 saturated heterocycles. The molecule has 0 saturated carbocycles. The van der Waals surface area contributed by atoms with Crippen LogP contribution in [0.1, 0.15) is 38.3 Å². The van der Waals surface area contributed by atoms with Crippen LogP contribution in [0.25, 0.3) is 21.8 Å². The van der Waals surface area contributed by atoms with Crippen LogP contribution in [0, 0.1) is 0 Å². The van der Waals surface area contributed by atoms with Crippen molar-refractivity contribution in [1.82, 2.24) is 9.88 Å². The van der Waals surface area contributed by atoms with Crippen molar-refractivity contribution in [3.05, 3.63) is 46.5 Å². The maximum Gasteiger partial charge on any atom is 0.338 e. The Morgan fingerprint density at radius 1 is 1.16 bits per heavy atom. The van der Waals surface area contributed by atoms with Gasteiger partial charge in [0.2, 0.25) is 5.91 Å². The van der Waals surface area contributed by atoms with Gasteiger partial charge in [-0.1, -0.05) is 12.1 Å². The minimum absolute atomic E-state index is 0.100. The molecule has 2 aliphatic rings. The number of carbonyl (C=O) groups excluding carboxylic acids is 2. The van der Waals surface area contributed by atoms with Crippen molar-refractivity contribution in [3.63, 3.8) is 0 Å². The van der Waals surface area contributed by atoms with Gasteiger partial charge >= 0.3 is 5.97 Å². The van der Waals surface area contributed by atoms with Gasteiger partial charge in [-0.15, -0.1) is 0 Å². The van der Waals surface area contributed by atoms with Crippen molar-refractivity contribution in [2.24, 2.45) is 0 Å². The van der Waals surface area contributed by atoms with Crippen molar-refractivity contribution in [2.75, 3.05) is 13.7 Å². The molecule has 0 radical (unpaired) electrons. The number of carbonyl (C=O) groups is 2. The molecule has 2 aromatic carbocycles. The van der Waals surface area contributed by atoms with Gasteiger partial charge in [-0.25, -0.2) is 4.79 Å². The number of aromatic nitrogens is 1. The van der Waals surface area contributed by atoms with Crippen molar-refractivity contribution in [1.29, 1.82) is 0 Å². The highest BCUT2D eigenvalue weighted by Gasteiger charge is 2.29. The van der Waals surface area contributed by atoms with E-state index < -0.39 is 0 Å². The highest BCUT2D eigenvalue weighted by molar-refractivity contribution is 6.22. The molecule has 5 rings (SSSR count). The van der Waals surface area contributed by atoms with Gasteiger partial charge in [0, 0.05) is 23.7 Å². The highest BCUT2D eigenvalue weighted by atomic mass is 16.5. The Balaban J connectivity index is 2.05. The molecule has 0 atom stereocenters. The third-order valence-corrected chi connectivity index (χ3v) is 5.47. The summed E-state index contributed by atoms with van der Waals surface area (Å²) < 4.78 is 6.83. The number of nitrogens with zero attached hydrogens (tertiary/aromatic N) is 1. The van der Waals surface area contributed by atoms with Crippen LogP contribution in [0.4, 0.5) is 0 Å². The average Bonchev–Trinajstić information content (AvgIpc) is 3.01. The molecule has 3 aromatic rings. The summed E-state index contributed by atoms with van der Waals surface area (Å²) in [6.45, 7) is 1.74. The summed E-state index contributed by atoms with van der Waals surface area (Å²) in [7, 11) is 1.40. The molecule has 25 heavy (non-hydrogen) atoms. The van der Waals surface area contributed by atoms with Gasteiger partial charge in [-0.05, 0) is 48.2 Å². The number of nitrogens with one attached hydrogen (secondary N) is 1. The predicted molar refractivity (Wildman–Crippen MR) is 95.1 cm³/mol. The van der Waals surface area contributed by atoms with E-state index >= 15 is 0 Å². The first-order valence-corrected chi connectivity index (χ1v) is 8.63. The van der Waals surface area contributed by atoms with Gasteiger partial charge < -0.3 is 10.1 Å². The van der Waals surface area contributed by atoms with Gasteiger partial charge in [0.05, 0.1) is 23.7 Å². The topological polar surface area (TPSA) is 60.3 Å². The average molecular weight is 334 g/mol. The van der Waals surface area contributed by atoms with Crippen LogP contribution in [0.5, 0.6) is 0 Å². The summed E-state index contributed by atoms with van der Waals surface area (Å²) in [5, 5.41) is 5.35. The maximum absolute atomic E-state index is 12.7. The lowest BCUT2D eigenvalue weighted by Crippen LogP contribution is -2.25. The van der Waals surface area contributed by atoms with Crippen LogP contribution in [-0.2, 0) is 24.1 Å². The second kappa shape index (κ2) is 5.17. The Morgan fingerprint density at radius 3 is 2.88 bits per heavy atom. The molecule has 0 amide bonds. The zero-order chi connectivity index (χ0) is 17.1. The SMILES string of the molecule is COC(=O)c1cccc2c1c1c3c(cc4c1n2C(=O)CC4)CNCC3. The fraction of sp³-hybridized carbons (Fsp3) is 0.300. The minimum atomic E-state index is -0.357. The minimum Gasteiger partial charge on any atom is -0.465 e. The van der Waals surface area contributed by atoms with Crippen LogP contribution in [0.2, 0.25) is 0 Å². The number of benzene rings is 2. The molecular weight excluding hydrogens is 316 g/mol. The first-order chi connectivity index (χ1) is 12.2. The number of hydrogen-bond donors (Lipinski definition) is 1. The fourth-order valence-corrected chi connectivity index (χ4v) is 4.43. The smallest absolute Gasteiger partial charge is 0.338 e. The summed E-state index contributed by atoms with van der Waals surface area (Å²) in [4.78, 5) is 25.1. The highest BCUT2D eigenvalue weighted by Crippen LogP contribution is 2.40. The Hall–Kier alpha value is -2.66. The van der Waals surface area contributed by atoms with E-state index in [1.807, 2.05) is 16.7 Å². The lowest BCUT2D eigenvalue weighted by Gasteiger charge is -2.22. The van der Waals surface area contributed by atoms with Crippen LogP contribution in [0.3, 0.4) is 0 Å². The molecule has 0 unspecified atom stereocenters. The van der Waals surface area contributed by atoms with Crippen LogP contribution >= 0.6 is 0 Å². The van der Waals surface area contributed by atoms with Crippen molar-refractivity contribution in [3.8, 4) is 0 Å². The van der Waals surface area contributed by atoms with Gasteiger partial charge in [0.15, 0.2) is 0 Å². The quantitative estimate of drug-likeness (QED) is 0.695. The maximum atomic E-state index is 12.7. The van der Waals surface area contributed by atoms with Gasteiger partial charge in [0.1, 0.15) is 0 Å². The predicted octanol–water partition coefficient (Wildman–Crippen LogP) is 2.81. The van der Waals surface area contributed by atoms with Gasteiger partial charge in [0.25, 0.3) is 0 Å². The van der Waals surface area contributed by atoms with Crippen LogP contribution in [-0.4, -0.2) is 30.1 Å². The Bertz CT molecular complexity index is 1080. The second-order valence-corrected chi connectivity index (χ2v) is 6.74. The molecule has 126 valence electrons. The van der Waals surface area contributed by atoms with E-state index in [1.54, 1.807) is 6.07 Å². The van der Waals surface area contributed by atoms with E-state index in [9.17, 15) is 9.59 Å². The number of fused-ring (bicyclic) bond motifs is 5. The number of hydrogen-bond acceptors (Lipinski definition) is 4. The Morgan fingerprint density at radius 2 is 2.04 bits per heavy atom. The number of methoxy groups -OCH3 is 1. The third kappa shape index (κ3) is 1.87. The lowest BCUT2D eigenvalue weighted by atomic mass is 9.90. The summed E-state index contributed by atoms with van der Waals surface area (Å²) >= 11 is 0. The molecule has 1 N–H and O–H groups in total. The molecule has 5 heteroatoms. The number of aryl methyl sites for hydroxylation is 1. The molecule has 0 spiro atoms. The Labute approximate surface area is 144 Å². The second-order valence-electron chi connectivity index (χ2n) is 6.74. The van der Waals surface area contributed by atoms with Gasteiger partial charge in [-0.2, -0.15) is 0 Å². The molecule has 5 nitrogen and oxygen atoms in total. The molecule has 0 aliphatic carbocycles. The Kier molecular flexibility index (Phi) is 3.03. The van der Waals surface area contributed by atoms with E-state index in [4.69, 9.17) is 4.74 Å². The zero-order valence-corrected chi connectivity index (χ0v) is 14.0. The van der Waals surface area contributed by atoms with Crippen molar-refractivity contribution in [2.45, 2.75) is 25.8 Å². The van der Waals surface area contributed by atoms with E-state index in [-0.39, 0.29) is 11.9 Å². The standard InChI is InChI=1S/C20H18N2O3/c1-25-20(24)14-3-2-4-15-17(14)18-13-7-8-21-10-12(13)9-11-5-6-16(23)22(15)19(11)18/h2-4,9,21H,5-8,10H2,1H3. The third-order valence-electron chi connectivity index (χ3n) is 5.47. The van der Waals surface area contributed by atoms with E-state index in [0.717, 1.165) is 47.7 Å². The molecule has 0 fully saturated rings. The zero-order valence-electron chi connectivity index (χ0n) is 14.0. The molecule has 1 aromatic heterocycles. The summed E-state index contributed by atoms with van der Waals surface area (Å²) in [6.07, 6.45) is 2.15. The van der Waals surface area contributed by atoms with E-state index in [1.165, 1.54) is 23.8 Å². The molecule has 0 bridgehead atoms. The van der Waals surface area contributed by atoms with E-state index in [2.05, 4.69) is 11.4 Å². The summed E-state index contributed by atoms with van der Waals surface area (Å²) in [6, 6.07) is 7.79.